The van der Waals surface area contributed by atoms with E-state index in [1.807, 2.05) is 18.4 Å². The topological polar surface area (TPSA) is 98.4 Å². The molecule has 0 saturated carbocycles. The molecule has 5 rings (SSSR count). The summed E-state index contributed by atoms with van der Waals surface area (Å²) in [6, 6.07) is 12.9. The Labute approximate surface area is 210 Å². The molecule has 1 atom stereocenters. The summed E-state index contributed by atoms with van der Waals surface area (Å²) in [4.78, 5) is 29.4. The lowest BCUT2D eigenvalue weighted by Gasteiger charge is -2.27. The summed E-state index contributed by atoms with van der Waals surface area (Å²) < 4.78 is 22.0. The standard InChI is InChI=1S/C27H23NO7S/c1-14-8-9-36-26(14)22-21(23(29)20-10-15-6-5-7-19(34-4)25(15)35-20)24(30)27(31)28(22)16-11-17(32-2)13-18(12-16)33-3/h5-13,22,30H,1-4H3. The van der Waals surface area contributed by atoms with Gasteiger partial charge >= 0.3 is 0 Å². The molecule has 0 bridgehead atoms. The van der Waals surface area contributed by atoms with Crippen LogP contribution >= 0.6 is 11.3 Å². The fourth-order valence-corrected chi connectivity index (χ4v) is 5.41. The molecule has 1 unspecified atom stereocenters. The van der Waals surface area contributed by atoms with Crippen LogP contribution in [0.15, 0.2) is 69.7 Å². The molecule has 2 aromatic carbocycles. The predicted octanol–water partition coefficient (Wildman–Crippen LogP) is 5.61. The molecule has 0 spiro atoms. The van der Waals surface area contributed by atoms with Crippen LogP contribution < -0.4 is 19.1 Å². The Kier molecular flexibility index (Phi) is 5.93. The highest BCUT2D eigenvalue weighted by Crippen LogP contribution is 2.46. The summed E-state index contributed by atoms with van der Waals surface area (Å²) in [7, 11) is 4.52. The number of furan rings is 1. The highest BCUT2D eigenvalue weighted by atomic mass is 32.1. The minimum absolute atomic E-state index is 0.00636. The van der Waals surface area contributed by atoms with E-state index in [1.165, 1.54) is 37.6 Å². The third-order valence-corrected chi connectivity index (χ3v) is 7.24. The molecule has 4 aromatic rings. The predicted molar refractivity (Wildman–Crippen MR) is 136 cm³/mol. The number of aliphatic hydroxyl groups excluding tert-OH is 1. The van der Waals surface area contributed by atoms with E-state index in [1.54, 1.807) is 42.5 Å². The second-order valence-electron chi connectivity index (χ2n) is 8.20. The first-order chi connectivity index (χ1) is 17.4. The maximum Gasteiger partial charge on any atom is 0.294 e. The molecule has 1 aliphatic heterocycles. The number of amides is 1. The van der Waals surface area contributed by atoms with Crippen molar-refractivity contribution in [1.29, 1.82) is 0 Å². The number of aryl methyl sites for hydroxylation is 1. The van der Waals surface area contributed by atoms with Gasteiger partial charge in [0, 0.05) is 28.5 Å². The van der Waals surface area contributed by atoms with E-state index in [-0.39, 0.29) is 11.3 Å². The van der Waals surface area contributed by atoms with Crippen molar-refractivity contribution in [3.63, 3.8) is 0 Å². The molecule has 0 saturated heterocycles. The number of ether oxygens (including phenoxy) is 3. The monoisotopic (exact) mass is 505 g/mol. The zero-order valence-electron chi connectivity index (χ0n) is 20.0. The molecule has 1 amide bonds. The Morgan fingerprint density at radius 2 is 1.75 bits per heavy atom. The van der Waals surface area contributed by atoms with Crippen LogP contribution in [0.2, 0.25) is 0 Å². The van der Waals surface area contributed by atoms with E-state index in [9.17, 15) is 14.7 Å². The molecule has 8 nitrogen and oxygen atoms in total. The average molecular weight is 506 g/mol. The number of hydrogen-bond acceptors (Lipinski definition) is 8. The van der Waals surface area contributed by atoms with Crippen LogP contribution in [0.4, 0.5) is 5.69 Å². The molecular weight excluding hydrogens is 482 g/mol. The molecule has 1 aliphatic rings. The Hall–Kier alpha value is -4.24. The number of hydrogen-bond donors (Lipinski definition) is 1. The van der Waals surface area contributed by atoms with Gasteiger partial charge in [-0.25, -0.2) is 0 Å². The lowest BCUT2D eigenvalue weighted by molar-refractivity contribution is -0.117. The summed E-state index contributed by atoms with van der Waals surface area (Å²) in [5.74, 6) is -0.539. The summed E-state index contributed by atoms with van der Waals surface area (Å²) in [6.45, 7) is 1.89. The SMILES string of the molecule is COc1cc(OC)cc(N2C(=O)C(O)=C(C(=O)c3cc4cccc(OC)c4o3)C2c2sccc2C)c1. The number of nitrogens with zero attached hydrogens (tertiary/aromatic N) is 1. The summed E-state index contributed by atoms with van der Waals surface area (Å²) in [5, 5.41) is 13.6. The Balaban J connectivity index is 1.67. The molecule has 184 valence electrons. The van der Waals surface area contributed by atoms with Gasteiger partial charge in [-0.3, -0.25) is 14.5 Å². The number of aliphatic hydroxyl groups is 1. The van der Waals surface area contributed by atoms with Gasteiger partial charge in [0.15, 0.2) is 22.9 Å². The van der Waals surface area contributed by atoms with Crippen LogP contribution in [0.3, 0.4) is 0 Å². The maximum absolute atomic E-state index is 13.8. The second kappa shape index (κ2) is 9.09. The van der Waals surface area contributed by atoms with E-state index in [0.717, 1.165) is 10.4 Å². The number of para-hydroxylation sites is 1. The molecule has 36 heavy (non-hydrogen) atoms. The number of thiophene rings is 1. The van der Waals surface area contributed by atoms with Crippen LogP contribution in [-0.2, 0) is 4.79 Å². The van der Waals surface area contributed by atoms with Crippen molar-refractivity contribution in [3.05, 3.63) is 81.4 Å². The van der Waals surface area contributed by atoms with Gasteiger partial charge in [0.2, 0.25) is 5.78 Å². The van der Waals surface area contributed by atoms with E-state index in [0.29, 0.717) is 33.9 Å². The summed E-state index contributed by atoms with van der Waals surface area (Å²) in [5.41, 5.74) is 1.63. The van der Waals surface area contributed by atoms with Gasteiger partial charge in [0.1, 0.15) is 17.5 Å². The number of rotatable bonds is 7. The smallest absolute Gasteiger partial charge is 0.294 e. The Morgan fingerprint density at radius 1 is 1.03 bits per heavy atom. The first-order valence-corrected chi connectivity index (χ1v) is 11.9. The molecule has 0 fully saturated rings. The average Bonchev–Trinajstić information content (AvgIpc) is 3.59. The van der Waals surface area contributed by atoms with Gasteiger partial charge in [-0.1, -0.05) is 12.1 Å². The van der Waals surface area contributed by atoms with Gasteiger partial charge in [-0.2, -0.15) is 0 Å². The minimum Gasteiger partial charge on any atom is -0.503 e. The number of fused-ring (bicyclic) bond motifs is 1. The number of carbonyl (C=O) groups is 2. The van der Waals surface area contributed by atoms with Gasteiger partial charge in [-0.05, 0) is 36.1 Å². The summed E-state index contributed by atoms with van der Waals surface area (Å²) in [6.07, 6.45) is 0. The Bertz CT molecular complexity index is 1510. The number of anilines is 1. The van der Waals surface area contributed by atoms with Gasteiger partial charge in [0.05, 0.1) is 32.6 Å². The number of benzene rings is 2. The lowest BCUT2D eigenvalue weighted by Crippen LogP contribution is -2.31. The van der Waals surface area contributed by atoms with Crippen molar-refractivity contribution in [2.24, 2.45) is 0 Å². The number of methoxy groups -OCH3 is 3. The minimum atomic E-state index is -0.878. The highest BCUT2D eigenvalue weighted by Gasteiger charge is 2.46. The van der Waals surface area contributed by atoms with Crippen LogP contribution in [0.1, 0.15) is 27.0 Å². The van der Waals surface area contributed by atoms with Crippen molar-refractivity contribution < 1.29 is 33.3 Å². The van der Waals surface area contributed by atoms with Gasteiger partial charge in [0.25, 0.3) is 5.91 Å². The fourth-order valence-electron chi connectivity index (χ4n) is 4.39. The van der Waals surface area contributed by atoms with Crippen molar-refractivity contribution in [2.75, 3.05) is 26.2 Å². The highest BCUT2D eigenvalue weighted by molar-refractivity contribution is 7.10. The van der Waals surface area contributed by atoms with E-state index in [2.05, 4.69) is 0 Å². The number of ketones is 1. The third kappa shape index (κ3) is 3.68. The summed E-state index contributed by atoms with van der Waals surface area (Å²) >= 11 is 1.39. The zero-order chi connectivity index (χ0) is 25.6. The van der Waals surface area contributed by atoms with Crippen molar-refractivity contribution in [3.8, 4) is 17.2 Å². The first kappa shape index (κ1) is 23.5. The quantitative estimate of drug-likeness (QED) is 0.326. The largest absolute Gasteiger partial charge is 0.503 e. The van der Waals surface area contributed by atoms with E-state index in [4.69, 9.17) is 18.6 Å². The molecule has 2 aromatic heterocycles. The zero-order valence-corrected chi connectivity index (χ0v) is 20.8. The molecule has 0 aliphatic carbocycles. The van der Waals surface area contributed by atoms with Crippen LogP contribution in [0.5, 0.6) is 17.2 Å². The maximum atomic E-state index is 13.8. The molecule has 1 N–H and O–H groups in total. The third-order valence-electron chi connectivity index (χ3n) is 6.17. The Morgan fingerprint density at radius 3 is 2.36 bits per heavy atom. The molecule has 9 heteroatoms. The van der Waals surface area contributed by atoms with Crippen LogP contribution in [0, 0.1) is 6.92 Å². The van der Waals surface area contributed by atoms with Crippen molar-refractivity contribution >= 4 is 39.7 Å². The fraction of sp³-hybridized carbons (Fsp3) is 0.185. The van der Waals surface area contributed by atoms with Crippen LogP contribution in [-0.4, -0.2) is 38.1 Å². The molecule has 3 heterocycles. The number of carbonyl (C=O) groups excluding carboxylic acids is 2. The van der Waals surface area contributed by atoms with Crippen molar-refractivity contribution in [1.82, 2.24) is 0 Å². The lowest BCUT2D eigenvalue weighted by atomic mass is 9.98. The van der Waals surface area contributed by atoms with Crippen LogP contribution in [0.25, 0.3) is 11.0 Å². The number of Topliss-reactive ketones (excluding diaryl/α,β-unsaturated/α-hetero) is 1. The van der Waals surface area contributed by atoms with Gasteiger partial charge < -0.3 is 23.7 Å². The van der Waals surface area contributed by atoms with Crippen molar-refractivity contribution in [2.45, 2.75) is 13.0 Å². The van der Waals surface area contributed by atoms with E-state index < -0.39 is 23.5 Å². The normalized spacial score (nSPS) is 15.6. The molecular formula is C27H23NO7S. The molecule has 0 radical (unpaired) electrons. The first-order valence-electron chi connectivity index (χ1n) is 11.0. The van der Waals surface area contributed by atoms with E-state index >= 15 is 0 Å². The van der Waals surface area contributed by atoms with Gasteiger partial charge in [-0.15, -0.1) is 11.3 Å². The second-order valence-corrected chi connectivity index (χ2v) is 9.14.